The van der Waals surface area contributed by atoms with E-state index < -0.39 is 40.2 Å². The number of anilines is 1. The molecule has 0 saturated heterocycles. The number of benzene rings is 3. The van der Waals surface area contributed by atoms with E-state index >= 15 is 0 Å². The summed E-state index contributed by atoms with van der Waals surface area (Å²) in [6.07, 6.45) is 4.83. The average Bonchev–Trinajstić information content (AvgIpc) is 3.45. The lowest BCUT2D eigenvalue weighted by Gasteiger charge is -2.34. The van der Waals surface area contributed by atoms with Crippen molar-refractivity contribution in [2.45, 2.75) is 57.7 Å². The number of rotatable bonds is 11. The van der Waals surface area contributed by atoms with Gasteiger partial charge in [0.1, 0.15) is 12.6 Å². The Hall–Kier alpha value is -3.79. The molecule has 0 radical (unpaired) electrons. The third-order valence-corrected chi connectivity index (χ3v) is 8.46. The SMILES string of the molecule is Cc1ccc(CN(C(=O)CN(c2ccc(F)c(F)c2)S(C)(=O)=O)[C@H](Cc2ccccc2)C(=O)NC2CCCC2)cc1. The Morgan fingerprint density at radius 1 is 0.927 bits per heavy atom. The molecule has 0 aliphatic heterocycles. The van der Waals surface area contributed by atoms with Crippen LogP contribution in [0.4, 0.5) is 14.5 Å². The van der Waals surface area contributed by atoms with E-state index in [1.54, 1.807) is 0 Å². The van der Waals surface area contributed by atoms with E-state index in [0.29, 0.717) is 0 Å². The maximum absolute atomic E-state index is 14.1. The molecule has 1 N–H and O–H groups in total. The molecule has 2 amide bonds. The number of amides is 2. The van der Waals surface area contributed by atoms with Gasteiger partial charge in [-0.2, -0.15) is 0 Å². The smallest absolute Gasteiger partial charge is 0.244 e. The predicted molar refractivity (Wildman–Crippen MR) is 155 cm³/mol. The molecular weight excluding hydrogens is 548 g/mol. The minimum absolute atomic E-state index is 0.00630. The molecule has 0 heterocycles. The minimum Gasteiger partial charge on any atom is -0.352 e. The summed E-state index contributed by atoms with van der Waals surface area (Å²) < 4.78 is 54.0. The quantitative estimate of drug-likeness (QED) is 0.354. The van der Waals surface area contributed by atoms with Crippen molar-refractivity contribution >= 4 is 27.5 Å². The highest BCUT2D eigenvalue weighted by atomic mass is 32.2. The van der Waals surface area contributed by atoms with Crippen LogP contribution in [-0.2, 0) is 32.6 Å². The fraction of sp³-hybridized carbons (Fsp3) is 0.355. The van der Waals surface area contributed by atoms with Crippen LogP contribution >= 0.6 is 0 Å². The first-order valence-electron chi connectivity index (χ1n) is 13.6. The molecule has 10 heteroatoms. The number of halogens is 2. The summed E-state index contributed by atoms with van der Waals surface area (Å²) >= 11 is 0. The highest BCUT2D eigenvalue weighted by Gasteiger charge is 2.34. The Morgan fingerprint density at radius 3 is 2.20 bits per heavy atom. The van der Waals surface area contributed by atoms with E-state index in [4.69, 9.17) is 0 Å². The average molecular weight is 584 g/mol. The van der Waals surface area contributed by atoms with Crippen molar-refractivity contribution in [2.24, 2.45) is 0 Å². The van der Waals surface area contributed by atoms with Crippen LogP contribution in [0, 0.1) is 18.6 Å². The van der Waals surface area contributed by atoms with Gasteiger partial charge in [0.05, 0.1) is 11.9 Å². The third-order valence-electron chi connectivity index (χ3n) is 7.32. The van der Waals surface area contributed by atoms with Crippen LogP contribution in [0.15, 0.2) is 72.8 Å². The Morgan fingerprint density at radius 2 is 1.59 bits per heavy atom. The molecular formula is C31H35F2N3O4S. The molecule has 1 aliphatic carbocycles. The second-order valence-corrected chi connectivity index (χ2v) is 12.5. The lowest BCUT2D eigenvalue weighted by atomic mass is 10.0. The van der Waals surface area contributed by atoms with E-state index in [2.05, 4.69) is 5.32 Å². The number of nitrogens with zero attached hydrogens (tertiary/aromatic N) is 2. The van der Waals surface area contributed by atoms with Gasteiger partial charge in [-0.25, -0.2) is 17.2 Å². The monoisotopic (exact) mass is 583 g/mol. The summed E-state index contributed by atoms with van der Waals surface area (Å²) in [6, 6.07) is 18.5. The fourth-order valence-electron chi connectivity index (χ4n) is 5.07. The first-order chi connectivity index (χ1) is 19.5. The summed E-state index contributed by atoms with van der Waals surface area (Å²) in [5.41, 5.74) is 2.42. The molecule has 7 nitrogen and oxygen atoms in total. The number of nitrogens with one attached hydrogen (secondary N) is 1. The van der Waals surface area contributed by atoms with Crippen molar-refractivity contribution in [3.8, 4) is 0 Å². The summed E-state index contributed by atoms with van der Waals surface area (Å²) in [7, 11) is -4.08. The molecule has 1 saturated carbocycles. The summed E-state index contributed by atoms with van der Waals surface area (Å²) in [4.78, 5) is 29.2. The largest absolute Gasteiger partial charge is 0.352 e. The van der Waals surface area contributed by atoms with Crippen LogP contribution in [0.1, 0.15) is 42.4 Å². The second kappa shape index (κ2) is 13.2. The Bertz CT molecular complexity index is 1460. The van der Waals surface area contributed by atoms with Gasteiger partial charge in [0.25, 0.3) is 0 Å². The third kappa shape index (κ3) is 8.13. The van der Waals surface area contributed by atoms with Gasteiger partial charge in [-0.1, -0.05) is 73.0 Å². The predicted octanol–water partition coefficient (Wildman–Crippen LogP) is 4.74. The molecule has 3 aromatic rings. The summed E-state index contributed by atoms with van der Waals surface area (Å²) in [6.45, 7) is 1.29. The molecule has 0 aromatic heterocycles. The standard InChI is InChI=1S/C31H35F2N3O4S/c1-22-12-14-24(15-13-22)20-35(30(37)21-36(41(2,39)40)26-16-17-27(32)28(33)19-26)29(18-23-8-4-3-5-9-23)31(38)34-25-10-6-7-11-25/h3-5,8-9,12-17,19,25,29H,6-7,10-11,18,20-21H2,1-2H3,(H,34,38)/t29-/m1/s1. The number of carbonyl (C=O) groups is 2. The van der Waals surface area contributed by atoms with Crippen LogP contribution in [0.2, 0.25) is 0 Å². The first-order valence-corrected chi connectivity index (χ1v) is 15.5. The van der Waals surface area contributed by atoms with Crippen LogP contribution in [0.3, 0.4) is 0 Å². The molecule has 4 rings (SSSR count). The van der Waals surface area contributed by atoms with Crippen LogP contribution in [-0.4, -0.2) is 50.0 Å². The zero-order valence-electron chi connectivity index (χ0n) is 23.2. The first kappa shape index (κ1) is 30.2. The van der Waals surface area contributed by atoms with Crippen molar-refractivity contribution in [1.82, 2.24) is 10.2 Å². The molecule has 41 heavy (non-hydrogen) atoms. The van der Waals surface area contributed by atoms with Crippen molar-refractivity contribution in [3.63, 3.8) is 0 Å². The molecule has 0 spiro atoms. The molecule has 218 valence electrons. The highest BCUT2D eigenvalue weighted by molar-refractivity contribution is 7.92. The maximum Gasteiger partial charge on any atom is 0.244 e. The van der Waals surface area contributed by atoms with Crippen molar-refractivity contribution in [1.29, 1.82) is 0 Å². The van der Waals surface area contributed by atoms with E-state index in [0.717, 1.165) is 71.1 Å². The molecule has 1 atom stereocenters. The van der Waals surface area contributed by atoms with E-state index in [-0.39, 0.29) is 30.6 Å². The lowest BCUT2D eigenvalue weighted by Crippen LogP contribution is -2.54. The Labute approximate surface area is 240 Å². The maximum atomic E-state index is 14.1. The van der Waals surface area contributed by atoms with E-state index in [1.807, 2.05) is 61.5 Å². The fourth-order valence-corrected chi connectivity index (χ4v) is 5.91. The van der Waals surface area contributed by atoms with E-state index in [1.165, 1.54) is 4.90 Å². The van der Waals surface area contributed by atoms with Gasteiger partial charge in [0, 0.05) is 25.1 Å². The number of hydrogen-bond donors (Lipinski definition) is 1. The van der Waals surface area contributed by atoms with Crippen molar-refractivity contribution < 1.29 is 26.8 Å². The Kier molecular flexibility index (Phi) is 9.75. The van der Waals surface area contributed by atoms with Crippen LogP contribution in [0.25, 0.3) is 0 Å². The number of sulfonamides is 1. The highest BCUT2D eigenvalue weighted by Crippen LogP contribution is 2.23. The van der Waals surface area contributed by atoms with Gasteiger partial charge in [0.15, 0.2) is 11.6 Å². The molecule has 1 fully saturated rings. The number of aryl methyl sites for hydroxylation is 1. The lowest BCUT2D eigenvalue weighted by molar-refractivity contribution is -0.140. The number of carbonyl (C=O) groups excluding carboxylic acids is 2. The molecule has 1 aliphatic rings. The zero-order chi connectivity index (χ0) is 29.6. The van der Waals surface area contributed by atoms with Gasteiger partial charge in [-0.15, -0.1) is 0 Å². The minimum atomic E-state index is -4.08. The van der Waals surface area contributed by atoms with Crippen LogP contribution < -0.4 is 9.62 Å². The van der Waals surface area contributed by atoms with Gasteiger partial charge in [0.2, 0.25) is 21.8 Å². The topological polar surface area (TPSA) is 86.8 Å². The summed E-state index contributed by atoms with van der Waals surface area (Å²) in [5.74, 6) is -3.35. The van der Waals surface area contributed by atoms with Crippen molar-refractivity contribution in [3.05, 3.63) is 101 Å². The molecule has 3 aromatic carbocycles. The molecule has 0 unspecified atom stereocenters. The van der Waals surface area contributed by atoms with Gasteiger partial charge < -0.3 is 10.2 Å². The van der Waals surface area contributed by atoms with Crippen molar-refractivity contribution in [2.75, 3.05) is 17.1 Å². The second-order valence-electron chi connectivity index (χ2n) is 10.6. The Balaban J connectivity index is 1.72. The molecule has 0 bridgehead atoms. The van der Waals surface area contributed by atoms with E-state index in [9.17, 15) is 26.8 Å². The van der Waals surface area contributed by atoms with Crippen LogP contribution in [0.5, 0.6) is 0 Å². The number of hydrogen-bond acceptors (Lipinski definition) is 4. The normalized spacial score (nSPS) is 14.4. The van der Waals surface area contributed by atoms with Gasteiger partial charge >= 0.3 is 0 Å². The van der Waals surface area contributed by atoms with Gasteiger partial charge in [-0.05, 0) is 43.0 Å². The summed E-state index contributed by atoms with van der Waals surface area (Å²) in [5, 5.41) is 3.10. The zero-order valence-corrected chi connectivity index (χ0v) is 24.0. The van der Waals surface area contributed by atoms with Gasteiger partial charge in [-0.3, -0.25) is 13.9 Å².